The molecule has 0 aromatic heterocycles. The second kappa shape index (κ2) is 13.5. The van der Waals surface area contributed by atoms with Gasteiger partial charge in [-0.05, 0) is 36.3 Å². The van der Waals surface area contributed by atoms with E-state index in [1.165, 1.54) is 0 Å². The molecule has 1 aromatic carbocycles. The maximum Gasteiger partial charge on any atom is 0.115 e. The Kier molecular flexibility index (Phi) is 13.7. The Labute approximate surface area is 124 Å². The Bertz CT molecular complexity index is 412. The summed E-state index contributed by atoms with van der Waals surface area (Å²) in [5.41, 5.74) is 2.10. The molecule has 1 N–H and O–H groups in total. The number of methoxy groups -OCH3 is 1. The highest BCUT2D eigenvalue weighted by atomic mass is 16.5. The molecule has 0 bridgehead atoms. The fraction of sp³-hybridized carbons (Fsp3) is 0.333. The summed E-state index contributed by atoms with van der Waals surface area (Å²) >= 11 is 0. The lowest BCUT2D eigenvalue weighted by atomic mass is 10.1. The van der Waals surface area contributed by atoms with E-state index in [0.717, 1.165) is 11.1 Å². The van der Waals surface area contributed by atoms with Gasteiger partial charge < -0.3 is 9.84 Å². The van der Waals surface area contributed by atoms with Crippen LogP contribution in [0.3, 0.4) is 0 Å². The summed E-state index contributed by atoms with van der Waals surface area (Å²) in [5, 5.41) is 9.20. The zero-order chi connectivity index (χ0) is 16.0. The molecule has 0 fully saturated rings. The first-order valence-corrected chi connectivity index (χ1v) is 7.04. The zero-order valence-corrected chi connectivity index (χ0v) is 13.6. The van der Waals surface area contributed by atoms with Crippen LogP contribution in [0.5, 0.6) is 5.75 Å². The fourth-order valence-electron chi connectivity index (χ4n) is 1.26. The van der Waals surface area contributed by atoms with Gasteiger partial charge in [0.1, 0.15) is 11.5 Å². The van der Waals surface area contributed by atoms with Crippen LogP contribution in [0.15, 0.2) is 54.8 Å². The fourth-order valence-corrected chi connectivity index (χ4v) is 1.26. The van der Waals surface area contributed by atoms with Gasteiger partial charge in [-0.2, -0.15) is 0 Å². The summed E-state index contributed by atoms with van der Waals surface area (Å²) < 4.78 is 4.95. The van der Waals surface area contributed by atoms with Crippen LogP contribution in [0.1, 0.15) is 40.2 Å². The number of hydrogen-bond acceptors (Lipinski definition) is 2. The second-order valence-corrected chi connectivity index (χ2v) is 3.29. The summed E-state index contributed by atoms with van der Waals surface area (Å²) in [7, 11) is 1.59. The number of rotatable bonds is 4. The average Bonchev–Trinajstić information content (AvgIpc) is 2.53. The van der Waals surface area contributed by atoms with Crippen molar-refractivity contribution >= 4 is 5.57 Å². The lowest BCUT2D eigenvalue weighted by Gasteiger charge is -2.03. The normalized spacial score (nSPS) is 10.0. The lowest BCUT2D eigenvalue weighted by Crippen LogP contribution is -1.82. The van der Waals surface area contributed by atoms with E-state index in [1.807, 2.05) is 65.0 Å². The van der Waals surface area contributed by atoms with Crippen molar-refractivity contribution in [2.24, 2.45) is 0 Å². The third-order valence-corrected chi connectivity index (χ3v) is 2.22. The SMILES string of the molecule is C=C(/C=C\C(=C/C)c1ccc(O)cc1)OC.CC.CC. The molecule has 0 radical (unpaired) electrons. The van der Waals surface area contributed by atoms with E-state index in [0.29, 0.717) is 5.76 Å². The summed E-state index contributed by atoms with van der Waals surface area (Å²) in [6.45, 7) is 13.7. The van der Waals surface area contributed by atoms with Gasteiger partial charge in [0.25, 0.3) is 0 Å². The van der Waals surface area contributed by atoms with E-state index in [-0.39, 0.29) is 5.75 Å². The molecule has 0 heterocycles. The third kappa shape index (κ3) is 8.20. The van der Waals surface area contributed by atoms with Crippen molar-refractivity contribution in [2.75, 3.05) is 7.11 Å². The van der Waals surface area contributed by atoms with Gasteiger partial charge in [-0.1, -0.05) is 58.6 Å². The van der Waals surface area contributed by atoms with Crippen molar-refractivity contribution in [3.63, 3.8) is 0 Å². The van der Waals surface area contributed by atoms with Gasteiger partial charge in [0.05, 0.1) is 7.11 Å². The molecule has 0 spiro atoms. The van der Waals surface area contributed by atoms with Crippen LogP contribution in [0.25, 0.3) is 5.57 Å². The van der Waals surface area contributed by atoms with Crippen LogP contribution >= 0.6 is 0 Å². The molecule has 0 saturated carbocycles. The van der Waals surface area contributed by atoms with Crippen LogP contribution in [-0.2, 0) is 4.74 Å². The van der Waals surface area contributed by atoms with Crippen molar-refractivity contribution in [3.05, 3.63) is 60.4 Å². The molecular formula is C18H28O2. The largest absolute Gasteiger partial charge is 0.508 e. The highest BCUT2D eigenvalue weighted by Gasteiger charge is 1.97. The molecule has 0 aliphatic carbocycles. The molecule has 1 rings (SSSR count). The van der Waals surface area contributed by atoms with E-state index in [2.05, 4.69) is 6.58 Å². The first kappa shape index (κ1) is 20.4. The van der Waals surface area contributed by atoms with Gasteiger partial charge in [0.15, 0.2) is 0 Å². The van der Waals surface area contributed by atoms with Crippen LogP contribution in [-0.4, -0.2) is 12.2 Å². The first-order chi connectivity index (χ1) is 9.67. The number of aromatic hydroxyl groups is 1. The van der Waals surface area contributed by atoms with Crippen molar-refractivity contribution in [1.82, 2.24) is 0 Å². The van der Waals surface area contributed by atoms with Gasteiger partial charge in [-0.3, -0.25) is 0 Å². The standard InChI is InChI=1S/C14H16O2.2C2H6/c1-4-12(6-5-11(2)16-3)13-7-9-14(15)10-8-13;2*1-2/h4-10,15H,2H2,1,3H3;2*1-2H3/b6-5-,12-4+;;. The van der Waals surface area contributed by atoms with Crippen molar-refractivity contribution in [3.8, 4) is 5.75 Å². The van der Waals surface area contributed by atoms with E-state index in [4.69, 9.17) is 4.74 Å². The average molecular weight is 276 g/mol. The van der Waals surface area contributed by atoms with E-state index in [9.17, 15) is 5.11 Å². The lowest BCUT2D eigenvalue weighted by molar-refractivity contribution is 0.309. The highest BCUT2D eigenvalue weighted by molar-refractivity contribution is 5.74. The Balaban J connectivity index is 0. The Morgan fingerprint density at radius 2 is 1.55 bits per heavy atom. The van der Waals surface area contributed by atoms with Crippen LogP contribution < -0.4 is 0 Å². The van der Waals surface area contributed by atoms with Crippen LogP contribution in [0.2, 0.25) is 0 Å². The smallest absolute Gasteiger partial charge is 0.115 e. The number of hydrogen-bond donors (Lipinski definition) is 1. The molecule has 20 heavy (non-hydrogen) atoms. The predicted molar refractivity (Wildman–Crippen MR) is 89.7 cm³/mol. The molecule has 0 amide bonds. The molecule has 112 valence electrons. The number of benzene rings is 1. The number of phenolic OH excluding ortho intramolecular Hbond substituents is 1. The zero-order valence-electron chi connectivity index (χ0n) is 13.6. The predicted octanol–water partition coefficient (Wildman–Crippen LogP) is 5.56. The molecule has 0 saturated heterocycles. The Morgan fingerprint density at radius 3 is 1.95 bits per heavy atom. The minimum absolute atomic E-state index is 0.268. The molecule has 0 aliphatic heterocycles. The van der Waals surface area contributed by atoms with Crippen molar-refractivity contribution in [1.29, 1.82) is 0 Å². The topological polar surface area (TPSA) is 29.5 Å². The number of phenols is 1. The Hall–Kier alpha value is -1.96. The van der Waals surface area contributed by atoms with Gasteiger partial charge in [0, 0.05) is 0 Å². The first-order valence-electron chi connectivity index (χ1n) is 7.04. The highest BCUT2D eigenvalue weighted by Crippen LogP contribution is 2.19. The molecule has 2 nitrogen and oxygen atoms in total. The maximum atomic E-state index is 9.20. The van der Waals surface area contributed by atoms with Gasteiger partial charge in [-0.15, -0.1) is 0 Å². The van der Waals surface area contributed by atoms with Gasteiger partial charge in [-0.25, -0.2) is 0 Å². The van der Waals surface area contributed by atoms with Crippen LogP contribution in [0, 0.1) is 0 Å². The summed E-state index contributed by atoms with van der Waals surface area (Å²) in [4.78, 5) is 0. The minimum atomic E-state index is 0.268. The van der Waals surface area contributed by atoms with Crippen molar-refractivity contribution < 1.29 is 9.84 Å². The van der Waals surface area contributed by atoms with E-state index >= 15 is 0 Å². The summed E-state index contributed by atoms with van der Waals surface area (Å²) in [5.74, 6) is 0.877. The maximum absolute atomic E-state index is 9.20. The molecule has 1 aromatic rings. The molecule has 2 heteroatoms. The van der Waals surface area contributed by atoms with Crippen LogP contribution in [0.4, 0.5) is 0 Å². The monoisotopic (exact) mass is 276 g/mol. The van der Waals surface area contributed by atoms with Gasteiger partial charge in [0.2, 0.25) is 0 Å². The quantitative estimate of drug-likeness (QED) is 0.576. The molecule has 0 atom stereocenters. The summed E-state index contributed by atoms with van der Waals surface area (Å²) in [6.07, 6.45) is 5.73. The molecular weight excluding hydrogens is 248 g/mol. The van der Waals surface area contributed by atoms with Gasteiger partial charge >= 0.3 is 0 Å². The summed E-state index contributed by atoms with van der Waals surface area (Å²) in [6, 6.07) is 7.06. The Morgan fingerprint density at radius 1 is 1.05 bits per heavy atom. The molecule has 0 aliphatic rings. The molecule has 0 unspecified atom stereocenters. The van der Waals surface area contributed by atoms with E-state index < -0.39 is 0 Å². The third-order valence-electron chi connectivity index (χ3n) is 2.22. The number of allylic oxidation sites excluding steroid dienone is 4. The van der Waals surface area contributed by atoms with E-state index in [1.54, 1.807) is 19.2 Å². The minimum Gasteiger partial charge on any atom is -0.508 e. The van der Waals surface area contributed by atoms with Crippen molar-refractivity contribution in [2.45, 2.75) is 34.6 Å². The second-order valence-electron chi connectivity index (χ2n) is 3.29. The number of ether oxygens (including phenoxy) is 1.